The summed E-state index contributed by atoms with van der Waals surface area (Å²) in [5, 5.41) is 0. The fraction of sp³-hybridized carbons (Fsp3) is 0.588. The highest BCUT2D eigenvalue weighted by molar-refractivity contribution is 6.02. The molecule has 0 aliphatic carbocycles. The zero-order valence-electron chi connectivity index (χ0n) is 13.3. The minimum Gasteiger partial charge on any atom is -0.490 e. The zero-order chi connectivity index (χ0) is 15.4. The van der Waals surface area contributed by atoms with Gasteiger partial charge in [0.1, 0.15) is 11.9 Å². The molecule has 0 saturated carbocycles. The first-order chi connectivity index (χ1) is 9.99. The molecule has 1 saturated heterocycles. The Morgan fingerprint density at radius 2 is 2.00 bits per heavy atom. The van der Waals surface area contributed by atoms with Gasteiger partial charge < -0.3 is 9.47 Å². The van der Waals surface area contributed by atoms with Gasteiger partial charge in [-0.05, 0) is 39.8 Å². The minimum absolute atomic E-state index is 0.0107. The Kier molecular flexibility index (Phi) is 5.37. The van der Waals surface area contributed by atoms with E-state index in [1.54, 1.807) is 0 Å². The Morgan fingerprint density at radius 1 is 1.29 bits per heavy atom. The Bertz CT molecular complexity index is 485. The van der Waals surface area contributed by atoms with Crippen LogP contribution >= 0.6 is 0 Å². The molecule has 21 heavy (non-hydrogen) atoms. The summed E-state index contributed by atoms with van der Waals surface area (Å²) < 4.78 is 11.4. The normalized spacial score (nSPS) is 20.0. The van der Waals surface area contributed by atoms with Crippen molar-refractivity contribution in [1.29, 1.82) is 0 Å². The molecular weight excluding hydrogens is 266 g/mol. The van der Waals surface area contributed by atoms with Gasteiger partial charge in [0.2, 0.25) is 0 Å². The standard InChI is InChI=1S/C17H25NO3/c1-12(2)18-9-10-20-16(11-18)17(19)14-7-5-6-8-15(14)21-13(3)4/h5-8,12-13,16H,9-11H2,1-4H3. The van der Waals surface area contributed by atoms with Crippen LogP contribution in [0.3, 0.4) is 0 Å². The largest absolute Gasteiger partial charge is 0.490 e. The second kappa shape index (κ2) is 7.05. The third-order valence-corrected chi connectivity index (χ3v) is 3.64. The van der Waals surface area contributed by atoms with Crippen LogP contribution in [0, 0.1) is 0 Å². The monoisotopic (exact) mass is 291 g/mol. The second-order valence-corrected chi connectivity index (χ2v) is 5.98. The Morgan fingerprint density at radius 3 is 2.67 bits per heavy atom. The Hall–Kier alpha value is -1.39. The third kappa shape index (κ3) is 4.05. The van der Waals surface area contributed by atoms with E-state index in [-0.39, 0.29) is 11.9 Å². The van der Waals surface area contributed by atoms with Crippen molar-refractivity contribution in [1.82, 2.24) is 4.90 Å². The summed E-state index contributed by atoms with van der Waals surface area (Å²) in [5.74, 6) is 0.652. The number of hydrogen-bond acceptors (Lipinski definition) is 4. The van der Waals surface area contributed by atoms with Gasteiger partial charge in [-0.1, -0.05) is 12.1 Å². The van der Waals surface area contributed by atoms with E-state index in [0.29, 0.717) is 30.5 Å². The van der Waals surface area contributed by atoms with Gasteiger partial charge in [0, 0.05) is 19.1 Å². The van der Waals surface area contributed by atoms with Crippen molar-refractivity contribution in [2.75, 3.05) is 19.7 Å². The molecule has 1 aromatic rings. The Balaban J connectivity index is 2.16. The summed E-state index contributed by atoms with van der Waals surface area (Å²) in [6, 6.07) is 7.83. The molecule has 1 aromatic carbocycles. The van der Waals surface area contributed by atoms with Gasteiger partial charge in [-0.15, -0.1) is 0 Å². The molecule has 2 rings (SSSR count). The highest BCUT2D eigenvalue weighted by atomic mass is 16.5. The molecule has 1 aliphatic heterocycles. The van der Waals surface area contributed by atoms with E-state index in [1.807, 2.05) is 38.1 Å². The molecule has 0 N–H and O–H groups in total. The molecule has 4 heteroatoms. The van der Waals surface area contributed by atoms with E-state index in [1.165, 1.54) is 0 Å². The number of morpholine rings is 1. The van der Waals surface area contributed by atoms with E-state index < -0.39 is 6.10 Å². The number of Topliss-reactive ketones (excluding diaryl/α,β-unsaturated/α-hetero) is 1. The maximum absolute atomic E-state index is 12.7. The molecule has 116 valence electrons. The van der Waals surface area contributed by atoms with Gasteiger partial charge in [-0.3, -0.25) is 9.69 Å². The first kappa shape index (κ1) is 16.0. The molecule has 0 spiro atoms. The molecule has 1 heterocycles. The van der Waals surface area contributed by atoms with Crippen molar-refractivity contribution in [3.63, 3.8) is 0 Å². The molecule has 1 atom stereocenters. The molecule has 4 nitrogen and oxygen atoms in total. The van der Waals surface area contributed by atoms with Crippen molar-refractivity contribution in [3.05, 3.63) is 29.8 Å². The van der Waals surface area contributed by atoms with Crippen molar-refractivity contribution in [3.8, 4) is 5.75 Å². The quantitative estimate of drug-likeness (QED) is 0.782. The van der Waals surface area contributed by atoms with Gasteiger partial charge in [-0.25, -0.2) is 0 Å². The van der Waals surface area contributed by atoms with Gasteiger partial charge in [0.15, 0.2) is 5.78 Å². The summed E-state index contributed by atoms with van der Waals surface area (Å²) in [6.07, 6.45) is -0.364. The lowest BCUT2D eigenvalue weighted by Gasteiger charge is -2.34. The molecule has 1 fully saturated rings. The van der Waals surface area contributed by atoms with Gasteiger partial charge in [-0.2, -0.15) is 0 Å². The highest BCUT2D eigenvalue weighted by Gasteiger charge is 2.30. The predicted molar refractivity (Wildman–Crippen MR) is 83.0 cm³/mol. The number of carbonyl (C=O) groups excluding carboxylic acids is 1. The molecular formula is C17H25NO3. The number of ether oxygens (including phenoxy) is 2. The SMILES string of the molecule is CC(C)Oc1ccccc1C(=O)C1CN(C(C)C)CCO1. The van der Waals surface area contributed by atoms with Crippen LogP contribution < -0.4 is 4.74 Å². The minimum atomic E-state index is -0.405. The number of rotatable bonds is 5. The molecule has 1 aliphatic rings. The van der Waals surface area contributed by atoms with E-state index in [2.05, 4.69) is 18.7 Å². The van der Waals surface area contributed by atoms with Gasteiger partial charge in [0.25, 0.3) is 0 Å². The average molecular weight is 291 g/mol. The second-order valence-electron chi connectivity index (χ2n) is 5.98. The van der Waals surface area contributed by atoms with Crippen LogP contribution in [0.4, 0.5) is 0 Å². The van der Waals surface area contributed by atoms with Crippen LogP contribution in [-0.2, 0) is 4.74 Å². The van der Waals surface area contributed by atoms with Crippen molar-refractivity contribution >= 4 is 5.78 Å². The molecule has 0 amide bonds. The lowest BCUT2D eigenvalue weighted by molar-refractivity contribution is -0.0257. The highest BCUT2D eigenvalue weighted by Crippen LogP contribution is 2.23. The van der Waals surface area contributed by atoms with Crippen LogP contribution in [0.25, 0.3) is 0 Å². The van der Waals surface area contributed by atoms with E-state index in [9.17, 15) is 4.79 Å². The zero-order valence-corrected chi connectivity index (χ0v) is 13.3. The van der Waals surface area contributed by atoms with Crippen LogP contribution in [0.5, 0.6) is 5.75 Å². The summed E-state index contributed by atoms with van der Waals surface area (Å²) in [5.41, 5.74) is 0.613. The average Bonchev–Trinajstić information content (AvgIpc) is 2.46. The number of ketones is 1. The summed E-state index contributed by atoms with van der Waals surface area (Å²) in [7, 11) is 0. The predicted octanol–water partition coefficient (Wildman–Crippen LogP) is 2.77. The van der Waals surface area contributed by atoms with Crippen molar-refractivity contribution in [2.24, 2.45) is 0 Å². The van der Waals surface area contributed by atoms with Gasteiger partial charge in [0.05, 0.1) is 18.3 Å². The lowest BCUT2D eigenvalue weighted by atomic mass is 10.0. The van der Waals surface area contributed by atoms with Crippen molar-refractivity contribution in [2.45, 2.75) is 45.9 Å². The Labute approximate surface area is 127 Å². The number of para-hydroxylation sites is 1. The topological polar surface area (TPSA) is 38.8 Å². The summed E-state index contributed by atoms with van der Waals surface area (Å²) in [4.78, 5) is 15.0. The number of carbonyl (C=O) groups is 1. The van der Waals surface area contributed by atoms with Crippen LogP contribution in [-0.4, -0.2) is 48.6 Å². The molecule has 1 unspecified atom stereocenters. The third-order valence-electron chi connectivity index (χ3n) is 3.64. The maximum Gasteiger partial charge on any atom is 0.196 e. The van der Waals surface area contributed by atoms with Crippen LogP contribution in [0.15, 0.2) is 24.3 Å². The smallest absolute Gasteiger partial charge is 0.196 e. The number of hydrogen-bond donors (Lipinski definition) is 0. The van der Waals surface area contributed by atoms with E-state index >= 15 is 0 Å². The van der Waals surface area contributed by atoms with E-state index in [0.717, 1.165) is 6.54 Å². The maximum atomic E-state index is 12.7. The number of nitrogens with zero attached hydrogens (tertiary/aromatic N) is 1. The van der Waals surface area contributed by atoms with Crippen LogP contribution in [0.2, 0.25) is 0 Å². The summed E-state index contributed by atoms with van der Waals surface area (Å²) >= 11 is 0. The first-order valence-corrected chi connectivity index (χ1v) is 7.64. The molecule has 0 aromatic heterocycles. The number of benzene rings is 1. The fourth-order valence-electron chi connectivity index (χ4n) is 2.50. The fourth-order valence-corrected chi connectivity index (χ4v) is 2.50. The summed E-state index contributed by atoms with van der Waals surface area (Å²) in [6.45, 7) is 10.3. The molecule has 0 radical (unpaired) electrons. The van der Waals surface area contributed by atoms with Crippen molar-refractivity contribution < 1.29 is 14.3 Å². The first-order valence-electron chi connectivity index (χ1n) is 7.64. The van der Waals surface area contributed by atoms with E-state index in [4.69, 9.17) is 9.47 Å². The lowest BCUT2D eigenvalue weighted by Crippen LogP contribution is -2.48. The van der Waals surface area contributed by atoms with Crippen LogP contribution in [0.1, 0.15) is 38.1 Å². The van der Waals surface area contributed by atoms with Gasteiger partial charge >= 0.3 is 0 Å². The molecule has 0 bridgehead atoms.